The third-order valence-electron chi connectivity index (χ3n) is 6.01. The Morgan fingerprint density at radius 3 is 2.31 bits per heavy atom. The van der Waals surface area contributed by atoms with Crippen molar-refractivity contribution in [3.05, 3.63) is 58.0 Å². The number of para-hydroxylation sites is 2. The van der Waals surface area contributed by atoms with E-state index in [1.807, 2.05) is 36.4 Å². The first kappa shape index (κ1) is 22.4. The summed E-state index contributed by atoms with van der Waals surface area (Å²) >= 11 is 6.23. The summed E-state index contributed by atoms with van der Waals surface area (Å²) in [6.07, 6.45) is 1.08. The molecule has 170 valence electrons. The highest BCUT2D eigenvalue weighted by Gasteiger charge is 2.19. The third-order valence-corrected chi connectivity index (χ3v) is 6.25. The lowest BCUT2D eigenvalue weighted by Gasteiger charge is -2.35. The zero-order valence-electron chi connectivity index (χ0n) is 18.7. The van der Waals surface area contributed by atoms with Gasteiger partial charge in [0.1, 0.15) is 0 Å². The second-order valence-corrected chi connectivity index (χ2v) is 8.76. The van der Waals surface area contributed by atoms with Crippen molar-refractivity contribution < 1.29 is 4.79 Å². The van der Waals surface area contributed by atoms with Gasteiger partial charge in [-0.1, -0.05) is 30.7 Å². The molecule has 2 heterocycles. The van der Waals surface area contributed by atoms with Crippen LogP contribution in [0.25, 0.3) is 11.0 Å². The fourth-order valence-corrected chi connectivity index (χ4v) is 4.46. The first-order valence-electron chi connectivity index (χ1n) is 11.2. The number of nitrogens with one attached hydrogen (secondary N) is 1. The van der Waals surface area contributed by atoms with Gasteiger partial charge in [0.05, 0.1) is 22.4 Å². The van der Waals surface area contributed by atoms with Gasteiger partial charge >= 0.3 is 5.69 Å². The van der Waals surface area contributed by atoms with Crippen LogP contribution in [0.3, 0.4) is 0 Å². The number of piperazine rings is 1. The Balaban J connectivity index is 1.50. The molecule has 0 radical (unpaired) electrons. The number of likely N-dealkylation sites (N-methyl/N-ethyl adjacent to an activating group) is 1. The molecular formula is C24H30ClN5O2. The van der Waals surface area contributed by atoms with Crippen molar-refractivity contribution in [3.63, 3.8) is 0 Å². The van der Waals surface area contributed by atoms with Gasteiger partial charge in [0.25, 0.3) is 0 Å². The van der Waals surface area contributed by atoms with Crippen LogP contribution in [0.4, 0.5) is 11.4 Å². The standard InChI is InChI=1S/C24H30ClN5O2/c1-3-11-29-21-6-4-5-7-22(21)30(24(29)32)12-10-23(31)26-19-17-18(25)8-9-20(19)28-15-13-27(2)14-16-28/h4-9,17H,3,10-16H2,1-2H3,(H,26,31). The highest BCUT2D eigenvalue weighted by Crippen LogP contribution is 2.30. The van der Waals surface area contributed by atoms with E-state index in [-0.39, 0.29) is 18.0 Å². The topological polar surface area (TPSA) is 62.5 Å². The van der Waals surface area contributed by atoms with E-state index < -0.39 is 0 Å². The molecule has 1 saturated heterocycles. The monoisotopic (exact) mass is 455 g/mol. The number of carbonyl (C=O) groups excluding carboxylic acids is 1. The van der Waals surface area contributed by atoms with Crippen LogP contribution in [-0.4, -0.2) is 53.2 Å². The molecule has 0 spiro atoms. The Morgan fingerprint density at radius 2 is 1.66 bits per heavy atom. The highest BCUT2D eigenvalue weighted by atomic mass is 35.5. The smallest absolute Gasteiger partial charge is 0.329 e. The molecule has 7 nitrogen and oxygen atoms in total. The lowest BCUT2D eigenvalue weighted by atomic mass is 10.2. The molecule has 0 unspecified atom stereocenters. The van der Waals surface area contributed by atoms with Crippen molar-refractivity contribution in [2.24, 2.45) is 0 Å². The predicted molar refractivity (Wildman–Crippen MR) is 131 cm³/mol. The predicted octanol–water partition coefficient (Wildman–Crippen LogP) is 3.65. The maximum atomic E-state index is 12.9. The minimum Gasteiger partial charge on any atom is -0.367 e. The van der Waals surface area contributed by atoms with Crippen LogP contribution in [0.15, 0.2) is 47.3 Å². The second-order valence-electron chi connectivity index (χ2n) is 8.32. The lowest BCUT2D eigenvalue weighted by Crippen LogP contribution is -2.44. The largest absolute Gasteiger partial charge is 0.367 e. The van der Waals surface area contributed by atoms with Gasteiger partial charge in [-0.2, -0.15) is 0 Å². The van der Waals surface area contributed by atoms with Crippen molar-refractivity contribution in [2.45, 2.75) is 32.9 Å². The fraction of sp³-hybridized carbons (Fsp3) is 0.417. The number of carbonyl (C=O) groups is 1. The van der Waals surface area contributed by atoms with Gasteiger partial charge in [0, 0.05) is 50.7 Å². The van der Waals surface area contributed by atoms with Gasteiger partial charge in [-0.05, 0) is 43.8 Å². The molecular weight excluding hydrogens is 426 g/mol. The summed E-state index contributed by atoms with van der Waals surface area (Å²) in [4.78, 5) is 30.4. The number of aryl methyl sites for hydroxylation is 2. The first-order valence-corrected chi connectivity index (χ1v) is 11.6. The van der Waals surface area contributed by atoms with Crippen LogP contribution in [0.2, 0.25) is 5.02 Å². The van der Waals surface area contributed by atoms with E-state index in [1.54, 1.807) is 15.2 Å². The molecule has 1 aliphatic heterocycles. The molecule has 1 amide bonds. The van der Waals surface area contributed by atoms with Crippen molar-refractivity contribution in [2.75, 3.05) is 43.4 Å². The minimum absolute atomic E-state index is 0.0678. The molecule has 0 atom stereocenters. The van der Waals surface area contributed by atoms with Crippen molar-refractivity contribution in [3.8, 4) is 0 Å². The van der Waals surface area contributed by atoms with Crippen molar-refractivity contribution in [1.82, 2.24) is 14.0 Å². The highest BCUT2D eigenvalue weighted by molar-refractivity contribution is 6.31. The summed E-state index contributed by atoms with van der Waals surface area (Å²) in [7, 11) is 2.11. The maximum Gasteiger partial charge on any atom is 0.329 e. The average Bonchev–Trinajstić information content (AvgIpc) is 3.05. The van der Waals surface area contributed by atoms with Crippen LogP contribution in [0.5, 0.6) is 0 Å². The minimum atomic E-state index is -0.137. The van der Waals surface area contributed by atoms with E-state index in [1.165, 1.54) is 0 Å². The van der Waals surface area contributed by atoms with Crippen LogP contribution in [0.1, 0.15) is 19.8 Å². The molecule has 3 aromatic rings. The molecule has 1 fully saturated rings. The number of aromatic nitrogens is 2. The van der Waals surface area contributed by atoms with Gasteiger partial charge in [-0.3, -0.25) is 13.9 Å². The zero-order valence-corrected chi connectivity index (χ0v) is 19.4. The summed E-state index contributed by atoms with van der Waals surface area (Å²) in [6, 6.07) is 13.4. The van der Waals surface area contributed by atoms with Crippen LogP contribution < -0.4 is 15.9 Å². The number of rotatable bonds is 7. The number of nitrogens with zero attached hydrogens (tertiary/aromatic N) is 4. The number of hydrogen-bond acceptors (Lipinski definition) is 4. The number of anilines is 2. The first-order chi connectivity index (χ1) is 15.5. The van der Waals surface area contributed by atoms with E-state index in [0.717, 1.165) is 49.3 Å². The maximum absolute atomic E-state index is 12.9. The molecule has 8 heteroatoms. The molecule has 1 aromatic heterocycles. The molecule has 0 bridgehead atoms. The summed E-state index contributed by atoms with van der Waals surface area (Å²) < 4.78 is 3.49. The molecule has 32 heavy (non-hydrogen) atoms. The normalized spacial score (nSPS) is 14.8. The molecule has 2 aromatic carbocycles. The van der Waals surface area contributed by atoms with Crippen LogP contribution in [-0.2, 0) is 17.9 Å². The van der Waals surface area contributed by atoms with Gasteiger partial charge in [0.15, 0.2) is 0 Å². The molecule has 1 N–H and O–H groups in total. The molecule has 0 saturated carbocycles. The number of amides is 1. The number of halogens is 1. The van der Waals surface area contributed by atoms with Crippen molar-refractivity contribution >= 4 is 39.9 Å². The van der Waals surface area contributed by atoms with Gasteiger partial charge in [-0.15, -0.1) is 0 Å². The molecule has 4 rings (SSSR count). The van der Waals surface area contributed by atoms with E-state index in [4.69, 9.17) is 11.6 Å². The number of fused-ring (bicyclic) bond motifs is 1. The average molecular weight is 456 g/mol. The van der Waals surface area contributed by atoms with E-state index in [0.29, 0.717) is 23.8 Å². The van der Waals surface area contributed by atoms with Crippen molar-refractivity contribution in [1.29, 1.82) is 0 Å². The Bertz CT molecular complexity index is 1160. The second kappa shape index (κ2) is 9.79. The lowest BCUT2D eigenvalue weighted by molar-refractivity contribution is -0.116. The zero-order chi connectivity index (χ0) is 22.7. The molecule has 1 aliphatic rings. The fourth-order valence-electron chi connectivity index (χ4n) is 4.29. The Hall–Kier alpha value is -2.77. The number of hydrogen-bond donors (Lipinski definition) is 1. The van der Waals surface area contributed by atoms with Gasteiger partial charge in [0.2, 0.25) is 5.91 Å². The van der Waals surface area contributed by atoms with Crippen LogP contribution in [0, 0.1) is 0 Å². The Kier molecular flexibility index (Phi) is 6.86. The Labute approximate surface area is 193 Å². The quantitative estimate of drug-likeness (QED) is 0.590. The molecule has 0 aliphatic carbocycles. The Morgan fingerprint density at radius 1 is 1.00 bits per heavy atom. The summed E-state index contributed by atoms with van der Waals surface area (Å²) in [6.45, 7) is 6.78. The van der Waals surface area contributed by atoms with E-state index >= 15 is 0 Å². The summed E-state index contributed by atoms with van der Waals surface area (Å²) in [5.74, 6) is -0.137. The van der Waals surface area contributed by atoms with E-state index in [2.05, 4.69) is 29.1 Å². The third kappa shape index (κ3) is 4.69. The number of imidazole rings is 1. The SMILES string of the molecule is CCCn1c(=O)n(CCC(=O)Nc2cc(Cl)ccc2N2CCN(C)CC2)c2ccccc21. The summed E-state index contributed by atoms with van der Waals surface area (Å²) in [5, 5.41) is 3.61. The van der Waals surface area contributed by atoms with Gasteiger partial charge < -0.3 is 15.1 Å². The van der Waals surface area contributed by atoms with Gasteiger partial charge in [-0.25, -0.2) is 4.79 Å². The number of benzene rings is 2. The summed E-state index contributed by atoms with van der Waals surface area (Å²) in [5.41, 5.74) is 3.40. The van der Waals surface area contributed by atoms with Crippen LogP contribution >= 0.6 is 11.6 Å². The van der Waals surface area contributed by atoms with E-state index in [9.17, 15) is 9.59 Å².